The lowest BCUT2D eigenvalue weighted by Gasteiger charge is -2.45. The van der Waals surface area contributed by atoms with Gasteiger partial charge in [-0.2, -0.15) is 0 Å². The molecule has 0 unspecified atom stereocenters. The molecule has 0 atom stereocenters. The van der Waals surface area contributed by atoms with Gasteiger partial charge >= 0.3 is 0 Å². The van der Waals surface area contributed by atoms with Crippen molar-refractivity contribution in [3.05, 3.63) is 0 Å². The lowest BCUT2D eigenvalue weighted by atomic mass is 10.5. The predicted molar refractivity (Wildman–Crippen MR) is 89.5 cm³/mol. The summed E-state index contributed by atoms with van der Waals surface area (Å²) >= 11 is 0. The van der Waals surface area contributed by atoms with E-state index in [1.165, 1.54) is 24.9 Å². The first-order chi connectivity index (χ1) is 8.32. The Morgan fingerprint density at radius 3 is 1.33 bits per heavy atom. The van der Waals surface area contributed by atoms with Crippen LogP contribution in [-0.2, 0) is 4.12 Å². The normalized spacial score (nSPS) is 13.3. The van der Waals surface area contributed by atoms with E-state index in [9.17, 15) is 0 Å². The SMILES string of the molecule is CCC[SiH](CCC)O[Si](C(C)C)(C(C)C)C(C)C. The minimum Gasteiger partial charge on any atom is -0.457 e. The molecule has 0 aromatic heterocycles. The quantitative estimate of drug-likeness (QED) is 0.493. The summed E-state index contributed by atoms with van der Waals surface area (Å²) in [7, 11) is -2.57. The van der Waals surface area contributed by atoms with E-state index in [1.54, 1.807) is 0 Å². The summed E-state index contributed by atoms with van der Waals surface area (Å²) in [5, 5.41) is 0. The minimum absolute atomic E-state index is 0.737. The van der Waals surface area contributed by atoms with Crippen LogP contribution in [0.25, 0.3) is 0 Å². The van der Waals surface area contributed by atoms with Crippen molar-refractivity contribution in [1.82, 2.24) is 0 Å². The fraction of sp³-hybridized carbons (Fsp3) is 1.00. The third kappa shape index (κ3) is 4.50. The van der Waals surface area contributed by atoms with Crippen LogP contribution in [-0.4, -0.2) is 17.4 Å². The summed E-state index contributed by atoms with van der Waals surface area (Å²) in [5.41, 5.74) is 2.21. The van der Waals surface area contributed by atoms with Crippen LogP contribution in [0.2, 0.25) is 28.7 Å². The lowest BCUT2D eigenvalue weighted by molar-refractivity contribution is 0.481. The maximum absolute atomic E-state index is 6.98. The first-order valence-corrected chi connectivity index (χ1v) is 12.2. The predicted octanol–water partition coefficient (Wildman–Crippen LogP) is 5.72. The standard InChI is InChI=1S/C15H36OSi2/c1-9-11-17(12-10-2)16-18(13(3)4,14(5)6)15(7)8/h13-15,17H,9-12H2,1-8H3. The molecule has 0 heterocycles. The molecule has 0 aromatic carbocycles. The Labute approximate surface area is 119 Å². The Hall–Kier alpha value is 0.394. The van der Waals surface area contributed by atoms with Crippen LogP contribution < -0.4 is 0 Å². The van der Waals surface area contributed by atoms with Crippen molar-refractivity contribution >= 4 is 17.4 Å². The third-order valence-electron chi connectivity index (χ3n) is 4.30. The highest BCUT2D eigenvalue weighted by Crippen LogP contribution is 2.43. The summed E-state index contributed by atoms with van der Waals surface area (Å²) in [4.78, 5) is 0. The number of rotatable bonds is 9. The molecular weight excluding hydrogens is 252 g/mol. The van der Waals surface area contributed by atoms with Crippen LogP contribution in [0.15, 0.2) is 0 Å². The van der Waals surface area contributed by atoms with Gasteiger partial charge < -0.3 is 4.12 Å². The van der Waals surface area contributed by atoms with Crippen molar-refractivity contribution in [3.63, 3.8) is 0 Å². The molecule has 0 N–H and O–H groups in total. The maximum atomic E-state index is 6.98. The van der Waals surface area contributed by atoms with E-state index in [1.807, 2.05) is 0 Å². The van der Waals surface area contributed by atoms with E-state index in [0.717, 1.165) is 16.6 Å². The van der Waals surface area contributed by atoms with Gasteiger partial charge in [0.1, 0.15) is 0 Å². The molecule has 3 heteroatoms. The molecule has 18 heavy (non-hydrogen) atoms. The molecule has 0 aliphatic rings. The highest BCUT2D eigenvalue weighted by Gasteiger charge is 2.45. The van der Waals surface area contributed by atoms with Gasteiger partial charge in [0.15, 0.2) is 17.4 Å². The molecule has 0 radical (unpaired) electrons. The zero-order valence-corrected chi connectivity index (χ0v) is 16.2. The van der Waals surface area contributed by atoms with Gasteiger partial charge in [-0.1, -0.05) is 68.2 Å². The Morgan fingerprint density at radius 2 is 1.11 bits per heavy atom. The molecule has 0 aliphatic carbocycles. The molecule has 0 aliphatic heterocycles. The average Bonchev–Trinajstić information content (AvgIpc) is 2.24. The van der Waals surface area contributed by atoms with Crippen LogP contribution >= 0.6 is 0 Å². The van der Waals surface area contributed by atoms with E-state index in [0.29, 0.717) is 0 Å². The zero-order chi connectivity index (χ0) is 14.3. The fourth-order valence-electron chi connectivity index (χ4n) is 3.60. The van der Waals surface area contributed by atoms with Gasteiger partial charge in [-0.05, 0) is 28.7 Å². The first kappa shape index (κ1) is 18.4. The molecule has 0 aromatic rings. The maximum Gasteiger partial charge on any atom is 0.187 e. The molecule has 0 spiro atoms. The van der Waals surface area contributed by atoms with Gasteiger partial charge in [0, 0.05) is 0 Å². The smallest absolute Gasteiger partial charge is 0.187 e. The molecule has 0 fully saturated rings. The molecule has 0 rings (SSSR count). The van der Waals surface area contributed by atoms with Crippen LogP contribution in [0.1, 0.15) is 68.2 Å². The van der Waals surface area contributed by atoms with Gasteiger partial charge in [0.25, 0.3) is 0 Å². The van der Waals surface area contributed by atoms with Crippen molar-refractivity contribution in [2.75, 3.05) is 0 Å². The second-order valence-electron chi connectivity index (χ2n) is 6.63. The largest absolute Gasteiger partial charge is 0.457 e. The van der Waals surface area contributed by atoms with Crippen molar-refractivity contribution in [1.29, 1.82) is 0 Å². The summed E-state index contributed by atoms with van der Waals surface area (Å²) in [6.07, 6.45) is 2.60. The van der Waals surface area contributed by atoms with Gasteiger partial charge in [-0.3, -0.25) is 0 Å². The van der Waals surface area contributed by atoms with Crippen molar-refractivity contribution in [3.8, 4) is 0 Å². The third-order valence-corrected chi connectivity index (χ3v) is 15.1. The van der Waals surface area contributed by atoms with Gasteiger partial charge in [0.2, 0.25) is 0 Å². The van der Waals surface area contributed by atoms with E-state index in [-0.39, 0.29) is 0 Å². The molecular formula is C15H36OSi2. The zero-order valence-electron chi connectivity index (χ0n) is 14.0. The van der Waals surface area contributed by atoms with Crippen LogP contribution in [0.3, 0.4) is 0 Å². The van der Waals surface area contributed by atoms with Crippen molar-refractivity contribution in [2.45, 2.75) is 96.9 Å². The molecule has 0 amide bonds. The second-order valence-corrected chi connectivity index (χ2v) is 15.1. The Morgan fingerprint density at radius 1 is 0.778 bits per heavy atom. The molecule has 1 nitrogen and oxygen atoms in total. The van der Waals surface area contributed by atoms with Crippen LogP contribution in [0, 0.1) is 0 Å². The van der Waals surface area contributed by atoms with E-state index < -0.39 is 17.4 Å². The monoisotopic (exact) mass is 288 g/mol. The lowest BCUT2D eigenvalue weighted by Crippen LogP contribution is -2.51. The van der Waals surface area contributed by atoms with E-state index in [4.69, 9.17) is 4.12 Å². The molecule has 0 saturated heterocycles. The topological polar surface area (TPSA) is 9.23 Å². The molecule has 110 valence electrons. The van der Waals surface area contributed by atoms with Gasteiger partial charge in [-0.15, -0.1) is 0 Å². The Bertz CT molecular complexity index is 187. The van der Waals surface area contributed by atoms with Gasteiger partial charge in [0.05, 0.1) is 0 Å². The molecule has 0 bridgehead atoms. The van der Waals surface area contributed by atoms with E-state index in [2.05, 4.69) is 55.4 Å². The minimum atomic E-state index is -1.60. The van der Waals surface area contributed by atoms with E-state index >= 15 is 0 Å². The highest BCUT2D eigenvalue weighted by atomic mass is 28.4. The first-order valence-electron chi connectivity index (χ1n) is 8.00. The van der Waals surface area contributed by atoms with Gasteiger partial charge in [-0.25, -0.2) is 0 Å². The summed E-state index contributed by atoms with van der Waals surface area (Å²) in [6.45, 7) is 19.0. The average molecular weight is 289 g/mol. The summed E-state index contributed by atoms with van der Waals surface area (Å²) < 4.78 is 6.98. The number of hydrogen-bond donors (Lipinski definition) is 0. The highest BCUT2D eigenvalue weighted by molar-refractivity contribution is 6.83. The fourth-order valence-corrected chi connectivity index (χ4v) is 15.7. The summed E-state index contributed by atoms with van der Waals surface area (Å²) in [5.74, 6) is 0. The van der Waals surface area contributed by atoms with Crippen LogP contribution in [0.5, 0.6) is 0 Å². The van der Waals surface area contributed by atoms with Crippen LogP contribution in [0.4, 0.5) is 0 Å². The Kier molecular flexibility index (Phi) is 8.73. The number of hydrogen-bond acceptors (Lipinski definition) is 1. The van der Waals surface area contributed by atoms with Crippen molar-refractivity contribution < 1.29 is 4.12 Å². The second kappa shape index (κ2) is 8.54. The summed E-state index contributed by atoms with van der Waals surface area (Å²) in [6, 6.07) is 2.74. The Balaban J connectivity index is 5.06. The van der Waals surface area contributed by atoms with Crippen molar-refractivity contribution in [2.24, 2.45) is 0 Å². The molecule has 0 saturated carbocycles.